The van der Waals surface area contributed by atoms with Crippen LogP contribution in [0.5, 0.6) is 0 Å². The predicted octanol–water partition coefficient (Wildman–Crippen LogP) is 3.71. The van der Waals surface area contributed by atoms with Gasteiger partial charge in [0.15, 0.2) is 0 Å². The van der Waals surface area contributed by atoms with Crippen LogP contribution in [0.15, 0.2) is 48.8 Å². The van der Waals surface area contributed by atoms with Crippen molar-refractivity contribution in [3.63, 3.8) is 0 Å². The van der Waals surface area contributed by atoms with Crippen LogP contribution in [-0.4, -0.2) is 21.3 Å². The van der Waals surface area contributed by atoms with Gasteiger partial charge >= 0.3 is 0 Å². The first kappa shape index (κ1) is 15.2. The third-order valence-electron chi connectivity index (χ3n) is 5.52. The van der Waals surface area contributed by atoms with Crippen LogP contribution in [0.3, 0.4) is 0 Å². The van der Waals surface area contributed by atoms with Gasteiger partial charge in [0, 0.05) is 18.1 Å². The van der Waals surface area contributed by atoms with Crippen molar-refractivity contribution in [2.45, 2.75) is 38.6 Å². The maximum Gasteiger partial charge on any atom is 0.233 e. The Kier molecular flexibility index (Phi) is 3.75. The number of carbonyl (C=O) groups is 2. The molecule has 0 bridgehead atoms. The van der Waals surface area contributed by atoms with Crippen LogP contribution in [0.2, 0.25) is 0 Å². The normalized spacial score (nSPS) is 25.0. The Labute approximate surface area is 142 Å². The van der Waals surface area contributed by atoms with Crippen molar-refractivity contribution in [2.75, 3.05) is 0 Å². The maximum absolute atomic E-state index is 12.8. The van der Waals surface area contributed by atoms with Crippen molar-refractivity contribution in [3.8, 4) is 5.69 Å². The highest BCUT2D eigenvalue weighted by Gasteiger charge is 2.49. The summed E-state index contributed by atoms with van der Waals surface area (Å²) in [7, 11) is 0. The number of amides is 2. The molecule has 4 heteroatoms. The van der Waals surface area contributed by atoms with Crippen LogP contribution in [0.4, 0.5) is 0 Å². The molecule has 0 radical (unpaired) electrons. The number of nitrogens with zero attached hydrogens (tertiary/aromatic N) is 2. The fourth-order valence-electron chi connectivity index (χ4n) is 4.17. The molecule has 1 aliphatic carbocycles. The standard InChI is InChI=1S/C20H22N2O2/c1-14(15-7-6-8-16(13-15)21-11-4-5-12-21)22-19(23)17-9-2-3-10-18(17)20(22)24/h4-8,11-14,17-18H,2-3,9-10H2,1H3. The molecule has 2 aliphatic rings. The second-order valence-electron chi connectivity index (χ2n) is 6.91. The monoisotopic (exact) mass is 322 g/mol. The van der Waals surface area contributed by atoms with Crippen molar-refractivity contribution in [1.82, 2.24) is 9.47 Å². The van der Waals surface area contributed by atoms with E-state index in [4.69, 9.17) is 0 Å². The molecule has 1 aromatic heterocycles. The number of aromatic nitrogens is 1. The first-order chi connectivity index (χ1) is 11.7. The molecule has 4 nitrogen and oxygen atoms in total. The van der Waals surface area contributed by atoms with Gasteiger partial charge < -0.3 is 4.57 Å². The fourth-order valence-corrected chi connectivity index (χ4v) is 4.17. The smallest absolute Gasteiger partial charge is 0.233 e. The lowest BCUT2D eigenvalue weighted by Gasteiger charge is -2.24. The summed E-state index contributed by atoms with van der Waals surface area (Å²) < 4.78 is 2.03. The minimum Gasteiger partial charge on any atom is -0.324 e. The van der Waals surface area contributed by atoms with Crippen molar-refractivity contribution >= 4 is 11.8 Å². The number of hydrogen-bond acceptors (Lipinski definition) is 2. The highest BCUT2D eigenvalue weighted by Crippen LogP contribution is 2.41. The average molecular weight is 322 g/mol. The average Bonchev–Trinajstić information content (AvgIpc) is 3.23. The molecule has 2 heterocycles. The third kappa shape index (κ3) is 2.37. The Morgan fingerprint density at radius 3 is 2.21 bits per heavy atom. The van der Waals surface area contributed by atoms with Crippen molar-refractivity contribution in [2.24, 2.45) is 11.8 Å². The van der Waals surface area contributed by atoms with Gasteiger partial charge in [-0.05, 0) is 49.6 Å². The molecule has 0 spiro atoms. The Morgan fingerprint density at radius 2 is 1.58 bits per heavy atom. The lowest BCUT2D eigenvalue weighted by atomic mass is 9.81. The number of imide groups is 1. The van der Waals surface area contributed by atoms with E-state index < -0.39 is 0 Å². The number of rotatable bonds is 3. The minimum atomic E-state index is -0.217. The van der Waals surface area contributed by atoms with Crippen LogP contribution in [0.25, 0.3) is 5.69 Å². The molecular weight excluding hydrogens is 300 g/mol. The van der Waals surface area contributed by atoms with E-state index in [1.165, 1.54) is 4.90 Å². The molecule has 4 rings (SSSR count). The lowest BCUT2D eigenvalue weighted by Crippen LogP contribution is -2.33. The minimum absolute atomic E-state index is 0.0311. The molecule has 0 N–H and O–H groups in total. The van der Waals surface area contributed by atoms with E-state index in [9.17, 15) is 9.59 Å². The van der Waals surface area contributed by atoms with Crippen molar-refractivity contribution < 1.29 is 9.59 Å². The van der Waals surface area contributed by atoms with Gasteiger partial charge in [-0.25, -0.2) is 0 Å². The molecule has 2 fully saturated rings. The van der Waals surface area contributed by atoms with Crippen LogP contribution in [-0.2, 0) is 9.59 Å². The van der Waals surface area contributed by atoms with E-state index in [0.29, 0.717) is 0 Å². The fraction of sp³-hybridized carbons (Fsp3) is 0.400. The Morgan fingerprint density at radius 1 is 0.958 bits per heavy atom. The summed E-state index contributed by atoms with van der Waals surface area (Å²) >= 11 is 0. The zero-order valence-corrected chi connectivity index (χ0v) is 13.9. The summed E-state index contributed by atoms with van der Waals surface area (Å²) in [4.78, 5) is 27.1. The summed E-state index contributed by atoms with van der Waals surface area (Å²) in [5, 5.41) is 0. The molecule has 2 aromatic rings. The van der Waals surface area contributed by atoms with Gasteiger partial charge in [-0.2, -0.15) is 0 Å². The summed E-state index contributed by atoms with van der Waals surface area (Å²) in [6, 6.07) is 11.8. The second kappa shape index (κ2) is 5.93. The zero-order valence-electron chi connectivity index (χ0n) is 13.9. The van der Waals surface area contributed by atoms with Gasteiger partial charge in [-0.3, -0.25) is 14.5 Å². The first-order valence-corrected chi connectivity index (χ1v) is 8.77. The lowest BCUT2D eigenvalue weighted by molar-refractivity contribution is -0.142. The molecule has 1 saturated carbocycles. The molecule has 24 heavy (non-hydrogen) atoms. The van der Waals surface area contributed by atoms with Crippen molar-refractivity contribution in [1.29, 1.82) is 0 Å². The van der Waals surface area contributed by atoms with E-state index in [-0.39, 0.29) is 29.7 Å². The number of fused-ring (bicyclic) bond motifs is 1. The highest BCUT2D eigenvalue weighted by atomic mass is 16.2. The predicted molar refractivity (Wildman–Crippen MR) is 91.5 cm³/mol. The number of likely N-dealkylation sites (tertiary alicyclic amines) is 1. The van der Waals surface area contributed by atoms with Gasteiger partial charge in [-0.1, -0.05) is 25.0 Å². The van der Waals surface area contributed by atoms with E-state index in [1.54, 1.807) is 0 Å². The molecule has 1 aromatic carbocycles. The van der Waals surface area contributed by atoms with Crippen LogP contribution >= 0.6 is 0 Å². The van der Waals surface area contributed by atoms with Crippen LogP contribution in [0.1, 0.15) is 44.2 Å². The Hall–Kier alpha value is -2.36. The Bertz CT molecular complexity index is 742. The largest absolute Gasteiger partial charge is 0.324 e. The molecule has 3 atom stereocenters. The van der Waals surface area contributed by atoms with Gasteiger partial charge in [0.25, 0.3) is 0 Å². The molecule has 2 amide bonds. The number of carbonyl (C=O) groups excluding carboxylic acids is 2. The molecule has 3 unspecified atom stereocenters. The SMILES string of the molecule is CC(c1cccc(-n2cccc2)c1)N1C(=O)C2CCCCC2C1=O. The zero-order chi connectivity index (χ0) is 16.7. The van der Waals surface area contributed by atoms with Gasteiger partial charge in [0.1, 0.15) is 0 Å². The summed E-state index contributed by atoms with van der Waals surface area (Å²) in [5.74, 6) is -0.102. The second-order valence-corrected chi connectivity index (χ2v) is 6.91. The first-order valence-electron chi connectivity index (χ1n) is 8.77. The van der Waals surface area contributed by atoms with Gasteiger partial charge in [0.05, 0.1) is 17.9 Å². The molecule has 1 aliphatic heterocycles. The number of benzene rings is 1. The summed E-state index contributed by atoms with van der Waals surface area (Å²) in [6.07, 6.45) is 7.83. The molecular formula is C20H22N2O2. The van der Waals surface area contributed by atoms with E-state index in [1.807, 2.05) is 54.2 Å². The van der Waals surface area contributed by atoms with E-state index in [2.05, 4.69) is 6.07 Å². The summed E-state index contributed by atoms with van der Waals surface area (Å²) in [5.41, 5.74) is 2.04. The molecule has 124 valence electrons. The van der Waals surface area contributed by atoms with E-state index in [0.717, 1.165) is 36.9 Å². The Balaban J connectivity index is 1.64. The van der Waals surface area contributed by atoms with Crippen molar-refractivity contribution in [3.05, 3.63) is 54.4 Å². The number of hydrogen-bond donors (Lipinski definition) is 0. The van der Waals surface area contributed by atoms with E-state index >= 15 is 0 Å². The van der Waals surface area contributed by atoms with Crippen LogP contribution < -0.4 is 0 Å². The van der Waals surface area contributed by atoms with Crippen LogP contribution in [0, 0.1) is 11.8 Å². The molecule has 1 saturated heterocycles. The van der Waals surface area contributed by atoms with Gasteiger partial charge in [-0.15, -0.1) is 0 Å². The highest BCUT2D eigenvalue weighted by molar-refractivity contribution is 6.05. The maximum atomic E-state index is 12.8. The topological polar surface area (TPSA) is 42.3 Å². The summed E-state index contributed by atoms with van der Waals surface area (Å²) in [6.45, 7) is 1.96. The third-order valence-corrected chi connectivity index (χ3v) is 5.52. The quantitative estimate of drug-likeness (QED) is 0.808. The van der Waals surface area contributed by atoms with Gasteiger partial charge in [0.2, 0.25) is 11.8 Å².